The molecule has 0 aromatic heterocycles. The summed E-state index contributed by atoms with van der Waals surface area (Å²) in [7, 11) is 0. The van der Waals surface area contributed by atoms with E-state index >= 15 is 0 Å². The molecule has 0 spiro atoms. The second-order valence-corrected chi connectivity index (χ2v) is 4.44. The third-order valence-corrected chi connectivity index (χ3v) is 3.04. The fourth-order valence-electron chi connectivity index (χ4n) is 2.13. The van der Waals surface area contributed by atoms with E-state index in [4.69, 9.17) is 0 Å². The van der Waals surface area contributed by atoms with Crippen molar-refractivity contribution in [1.29, 1.82) is 0 Å². The highest BCUT2D eigenvalue weighted by Gasteiger charge is 2.39. The maximum atomic E-state index is 13.2. The first kappa shape index (κ1) is 12.2. The van der Waals surface area contributed by atoms with Gasteiger partial charge in [0.25, 0.3) is 0 Å². The quantitative estimate of drug-likeness (QED) is 0.801. The lowest BCUT2D eigenvalue weighted by Gasteiger charge is -2.13. The van der Waals surface area contributed by atoms with E-state index in [1.54, 1.807) is 0 Å². The van der Waals surface area contributed by atoms with E-state index in [9.17, 15) is 17.6 Å². The van der Waals surface area contributed by atoms with Crippen LogP contribution in [-0.4, -0.2) is 12.5 Å². The van der Waals surface area contributed by atoms with Crippen molar-refractivity contribution >= 4 is 5.69 Å². The van der Waals surface area contributed by atoms with E-state index in [0.29, 0.717) is 6.42 Å². The molecule has 0 amide bonds. The summed E-state index contributed by atoms with van der Waals surface area (Å²) in [5.41, 5.74) is -0.234. The van der Waals surface area contributed by atoms with Gasteiger partial charge in [0.1, 0.15) is 17.3 Å². The molecule has 1 N–H and O–H groups in total. The van der Waals surface area contributed by atoms with Crippen LogP contribution in [0.4, 0.5) is 23.2 Å². The number of rotatable bonds is 3. The maximum absolute atomic E-state index is 13.2. The number of hydrogen-bond donors (Lipinski definition) is 1. The molecule has 1 atom stereocenters. The molecule has 0 aliphatic heterocycles. The Morgan fingerprint density at radius 1 is 1.24 bits per heavy atom. The van der Waals surface area contributed by atoms with Gasteiger partial charge in [-0.25, -0.2) is 17.6 Å². The minimum Gasteiger partial charge on any atom is -0.380 e. The summed E-state index contributed by atoms with van der Waals surface area (Å²) in [6, 6.07) is 3.53. The van der Waals surface area contributed by atoms with Crippen LogP contribution in [0.2, 0.25) is 0 Å². The van der Waals surface area contributed by atoms with Crippen LogP contribution in [0, 0.1) is 17.6 Å². The molecule has 1 aromatic rings. The van der Waals surface area contributed by atoms with Crippen molar-refractivity contribution < 1.29 is 17.6 Å². The third-order valence-electron chi connectivity index (χ3n) is 3.04. The van der Waals surface area contributed by atoms with Crippen molar-refractivity contribution in [1.82, 2.24) is 0 Å². The summed E-state index contributed by atoms with van der Waals surface area (Å²) in [5, 5.41) is 2.58. The van der Waals surface area contributed by atoms with Crippen LogP contribution in [0.5, 0.6) is 0 Å². The SMILES string of the molecule is Fc1cccc(F)c1NCC1CCC(F)(F)C1. The Morgan fingerprint density at radius 2 is 1.88 bits per heavy atom. The molecule has 0 heterocycles. The normalized spacial score (nSPS) is 22.7. The maximum Gasteiger partial charge on any atom is 0.248 e. The highest BCUT2D eigenvalue weighted by Crippen LogP contribution is 2.38. The second-order valence-electron chi connectivity index (χ2n) is 4.44. The molecule has 0 radical (unpaired) electrons. The first-order valence-electron chi connectivity index (χ1n) is 5.54. The summed E-state index contributed by atoms with van der Waals surface area (Å²) in [4.78, 5) is 0. The van der Waals surface area contributed by atoms with Crippen LogP contribution >= 0.6 is 0 Å². The standard InChI is InChI=1S/C12H13F4N/c13-9-2-1-3-10(14)11(9)17-7-8-4-5-12(15,16)6-8/h1-3,8,17H,4-7H2. The minimum atomic E-state index is -2.62. The lowest BCUT2D eigenvalue weighted by Crippen LogP contribution is -2.16. The zero-order valence-corrected chi connectivity index (χ0v) is 9.15. The van der Waals surface area contributed by atoms with E-state index in [1.165, 1.54) is 6.07 Å². The van der Waals surface area contributed by atoms with Crippen LogP contribution < -0.4 is 5.32 Å². The first-order chi connectivity index (χ1) is 7.98. The van der Waals surface area contributed by atoms with Gasteiger partial charge in [0.15, 0.2) is 0 Å². The van der Waals surface area contributed by atoms with Gasteiger partial charge < -0.3 is 5.32 Å². The number of alkyl halides is 2. The zero-order valence-electron chi connectivity index (χ0n) is 9.15. The molecule has 1 aliphatic rings. The van der Waals surface area contributed by atoms with Gasteiger partial charge in [-0.2, -0.15) is 0 Å². The topological polar surface area (TPSA) is 12.0 Å². The Kier molecular flexibility index (Phi) is 3.26. The third kappa shape index (κ3) is 2.90. The molecule has 1 nitrogen and oxygen atoms in total. The number of benzene rings is 1. The van der Waals surface area contributed by atoms with Gasteiger partial charge >= 0.3 is 0 Å². The molecule has 1 saturated carbocycles. The summed E-state index contributed by atoms with van der Waals surface area (Å²) in [6.45, 7) is 0.174. The average molecular weight is 247 g/mol. The van der Waals surface area contributed by atoms with Crippen molar-refractivity contribution in [3.05, 3.63) is 29.8 Å². The molecule has 0 saturated heterocycles. The molecule has 1 aromatic carbocycles. The first-order valence-corrected chi connectivity index (χ1v) is 5.54. The molecule has 0 bridgehead atoms. The van der Waals surface area contributed by atoms with Crippen molar-refractivity contribution in [3.8, 4) is 0 Å². The van der Waals surface area contributed by atoms with Crippen LogP contribution in [0.25, 0.3) is 0 Å². The summed E-state index contributed by atoms with van der Waals surface area (Å²) < 4.78 is 52.3. The van der Waals surface area contributed by atoms with E-state index in [2.05, 4.69) is 5.32 Å². The lowest BCUT2D eigenvalue weighted by atomic mass is 10.1. The summed E-state index contributed by atoms with van der Waals surface area (Å²) >= 11 is 0. The minimum absolute atomic E-state index is 0.140. The number of hydrogen-bond acceptors (Lipinski definition) is 1. The monoisotopic (exact) mass is 247 g/mol. The van der Waals surface area contributed by atoms with E-state index in [1.807, 2.05) is 0 Å². The molecular formula is C12H13F4N. The summed E-state index contributed by atoms with van der Waals surface area (Å²) in [6.07, 6.45) is 0.0330. The van der Waals surface area contributed by atoms with Crippen LogP contribution in [0.15, 0.2) is 18.2 Å². The van der Waals surface area contributed by atoms with Crippen molar-refractivity contribution in [2.45, 2.75) is 25.2 Å². The Hall–Kier alpha value is -1.26. The Bertz CT molecular complexity index is 385. The predicted molar refractivity (Wildman–Crippen MR) is 57.1 cm³/mol. The van der Waals surface area contributed by atoms with Gasteiger partial charge in [0.05, 0.1) is 0 Å². The van der Waals surface area contributed by atoms with Crippen molar-refractivity contribution in [3.63, 3.8) is 0 Å². The largest absolute Gasteiger partial charge is 0.380 e. The van der Waals surface area contributed by atoms with Crippen LogP contribution in [-0.2, 0) is 0 Å². The fraction of sp³-hybridized carbons (Fsp3) is 0.500. The Morgan fingerprint density at radius 3 is 2.41 bits per heavy atom. The van der Waals surface area contributed by atoms with Gasteiger partial charge in [-0.15, -0.1) is 0 Å². The van der Waals surface area contributed by atoms with E-state index in [-0.39, 0.29) is 31.0 Å². The molecule has 2 rings (SSSR count). The average Bonchev–Trinajstić information content (AvgIpc) is 2.57. The molecule has 1 aliphatic carbocycles. The molecule has 1 fully saturated rings. The van der Waals surface area contributed by atoms with Gasteiger partial charge in [0, 0.05) is 19.4 Å². The number of para-hydroxylation sites is 1. The molecule has 5 heteroatoms. The lowest BCUT2D eigenvalue weighted by molar-refractivity contribution is 0.00556. The molecule has 1 unspecified atom stereocenters. The molecule has 94 valence electrons. The number of anilines is 1. The zero-order chi connectivity index (χ0) is 12.5. The Balaban J connectivity index is 1.95. The van der Waals surface area contributed by atoms with E-state index < -0.39 is 17.6 Å². The van der Waals surface area contributed by atoms with Crippen LogP contribution in [0.1, 0.15) is 19.3 Å². The predicted octanol–water partition coefficient (Wildman–Crippen LogP) is 3.81. The van der Waals surface area contributed by atoms with Gasteiger partial charge in [-0.05, 0) is 24.5 Å². The van der Waals surface area contributed by atoms with E-state index in [0.717, 1.165) is 12.1 Å². The van der Waals surface area contributed by atoms with Gasteiger partial charge in [-0.3, -0.25) is 0 Å². The highest BCUT2D eigenvalue weighted by molar-refractivity contribution is 5.46. The second kappa shape index (κ2) is 4.55. The van der Waals surface area contributed by atoms with Crippen LogP contribution in [0.3, 0.4) is 0 Å². The molecule has 17 heavy (non-hydrogen) atoms. The van der Waals surface area contributed by atoms with Gasteiger partial charge in [0.2, 0.25) is 5.92 Å². The van der Waals surface area contributed by atoms with Crippen molar-refractivity contribution in [2.24, 2.45) is 5.92 Å². The summed E-state index contributed by atoms with van der Waals surface area (Å²) in [5.74, 6) is -4.26. The smallest absolute Gasteiger partial charge is 0.248 e. The van der Waals surface area contributed by atoms with Gasteiger partial charge in [-0.1, -0.05) is 6.07 Å². The van der Waals surface area contributed by atoms with Crippen molar-refractivity contribution in [2.75, 3.05) is 11.9 Å². The Labute approximate surface area is 96.8 Å². The molecular weight excluding hydrogens is 234 g/mol. The highest BCUT2D eigenvalue weighted by atomic mass is 19.3. The fourth-order valence-corrected chi connectivity index (χ4v) is 2.13. The number of nitrogens with one attached hydrogen (secondary N) is 1. The number of halogens is 4.